The summed E-state index contributed by atoms with van der Waals surface area (Å²) in [6.07, 6.45) is -5.08. The van der Waals surface area contributed by atoms with Crippen molar-refractivity contribution >= 4 is 23.7 Å². The molecule has 2 rings (SSSR count). The molecule has 1 fully saturated rings. The highest BCUT2D eigenvalue weighted by molar-refractivity contribution is 5.96. The highest BCUT2D eigenvalue weighted by atomic mass is 19.4. The average Bonchev–Trinajstić information content (AvgIpc) is 3.31. The Kier molecular flexibility index (Phi) is 6.92. The lowest BCUT2D eigenvalue weighted by atomic mass is 10.0. The molecule has 0 aromatic heterocycles. The zero-order valence-corrected chi connectivity index (χ0v) is 14.1. The lowest BCUT2D eigenvalue weighted by molar-refractivity contribution is -0.192. The molecule has 11 heteroatoms. The number of aliphatic carboxylic acids is 1. The van der Waals surface area contributed by atoms with Gasteiger partial charge in [0.05, 0.1) is 18.4 Å². The molecule has 3 atom stereocenters. The summed E-state index contributed by atoms with van der Waals surface area (Å²) in [6, 6.07) is 6.95. The topological polar surface area (TPSA) is 157 Å². The molecule has 1 aromatic carbocycles. The molecule has 27 heavy (non-hydrogen) atoms. The molecule has 0 spiro atoms. The summed E-state index contributed by atoms with van der Waals surface area (Å²) in [5.74, 6) is -5.10. The highest BCUT2D eigenvalue weighted by Gasteiger charge is 2.59. The predicted octanol–water partition coefficient (Wildman–Crippen LogP) is 0.982. The number of benzene rings is 1. The first-order valence-electron chi connectivity index (χ1n) is 7.62. The zero-order chi connectivity index (χ0) is 20.9. The number of amides is 1. The molecule has 1 saturated carbocycles. The number of ether oxygens (including phenoxy) is 1. The van der Waals surface area contributed by atoms with E-state index in [0.29, 0.717) is 5.56 Å². The van der Waals surface area contributed by atoms with Crippen molar-refractivity contribution < 1.29 is 37.4 Å². The van der Waals surface area contributed by atoms with E-state index in [9.17, 15) is 22.8 Å². The normalized spacial score (nSPS) is 20.7. The second kappa shape index (κ2) is 8.52. The quantitative estimate of drug-likeness (QED) is 0.334. The molecule has 1 aliphatic carbocycles. The number of esters is 1. The van der Waals surface area contributed by atoms with Crippen molar-refractivity contribution in [1.29, 1.82) is 5.41 Å². The smallest absolute Gasteiger partial charge is 0.475 e. The monoisotopic (exact) mass is 389 g/mol. The fourth-order valence-electron chi connectivity index (χ4n) is 2.52. The van der Waals surface area contributed by atoms with Gasteiger partial charge in [-0.2, -0.15) is 13.2 Å². The van der Waals surface area contributed by atoms with Gasteiger partial charge in [0, 0.05) is 11.5 Å². The molecule has 0 aliphatic heterocycles. The fourth-order valence-corrected chi connectivity index (χ4v) is 2.52. The SMILES string of the molecule is CCOC(=O)[C@@H]1[C@@H](C(N)=O)[C@H]1c1cccc(C(=N)N)c1.O=C(O)C(F)(F)F. The Morgan fingerprint density at radius 2 is 1.78 bits per heavy atom. The van der Waals surface area contributed by atoms with Crippen LogP contribution in [0, 0.1) is 17.2 Å². The third-order valence-electron chi connectivity index (χ3n) is 3.73. The van der Waals surface area contributed by atoms with Crippen molar-refractivity contribution in [2.24, 2.45) is 23.3 Å². The van der Waals surface area contributed by atoms with Crippen LogP contribution in [0.5, 0.6) is 0 Å². The number of carboxylic acid groups (broad SMARTS) is 1. The highest BCUT2D eigenvalue weighted by Crippen LogP contribution is 2.54. The predicted molar refractivity (Wildman–Crippen MR) is 86.7 cm³/mol. The van der Waals surface area contributed by atoms with Crippen LogP contribution in [0.15, 0.2) is 24.3 Å². The minimum absolute atomic E-state index is 0.0594. The van der Waals surface area contributed by atoms with Crippen LogP contribution in [0.25, 0.3) is 0 Å². The molecule has 1 aliphatic rings. The molecule has 0 bridgehead atoms. The van der Waals surface area contributed by atoms with E-state index in [4.69, 9.17) is 31.5 Å². The Balaban J connectivity index is 0.000000445. The summed E-state index contributed by atoms with van der Waals surface area (Å²) < 4.78 is 36.7. The van der Waals surface area contributed by atoms with Crippen LogP contribution in [0.3, 0.4) is 0 Å². The second-order valence-corrected chi connectivity index (χ2v) is 5.57. The van der Waals surface area contributed by atoms with Gasteiger partial charge in [-0.3, -0.25) is 15.0 Å². The Labute approximate surface area is 151 Å². The minimum Gasteiger partial charge on any atom is -0.475 e. The van der Waals surface area contributed by atoms with Crippen molar-refractivity contribution in [3.05, 3.63) is 35.4 Å². The molecule has 1 aromatic rings. The van der Waals surface area contributed by atoms with Gasteiger partial charge in [-0.25, -0.2) is 4.79 Å². The number of nitrogens with one attached hydrogen (secondary N) is 1. The lowest BCUT2D eigenvalue weighted by Crippen LogP contribution is -2.21. The number of nitrogens with two attached hydrogens (primary N) is 2. The molecular weight excluding hydrogens is 371 g/mol. The Hall–Kier alpha value is -3.11. The van der Waals surface area contributed by atoms with Crippen molar-refractivity contribution in [1.82, 2.24) is 0 Å². The first-order chi connectivity index (χ1) is 12.4. The first-order valence-corrected chi connectivity index (χ1v) is 7.62. The van der Waals surface area contributed by atoms with Crippen LogP contribution in [0.2, 0.25) is 0 Å². The van der Waals surface area contributed by atoms with Gasteiger partial charge in [0.2, 0.25) is 5.91 Å². The largest absolute Gasteiger partial charge is 0.490 e. The standard InChI is InChI=1S/C14H17N3O3.C2HF3O2/c1-2-20-14(19)11-9(10(11)13(17)18)7-4-3-5-8(6-7)12(15)16;3-2(4,5)1(6)7/h3-6,9-11H,2H2,1H3,(H3,15,16)(H2,17,18);(H,6,7)/t9-,10+,11+;/m1./s1. The van der Waals surface area contributed by atoms with Gasteiger partial charge >= 0.3 is 18.1 Å². The number of amidine groups is 1. The average molecular weight is 389 g/mol. The third-order valence-corrected chi connectivity index (χ3v) is 3.73. The number of primary amides is 1. The number of hydrogen-bond acceptors (Lipinski definition) is 5. The number of rotatable bonds is 5. The lowest BCUT2D eigenvalue weighted by Gasteiger charge is -2.03. The maximum atomic E-state index is 11.8. The molecule has 1 amide bonds. The Bertz CT molecular complexity index is 751. The number of carbonyl (C=O) groups excluding carboxylic acids is 2. The van der Waals surface area contributed by atoms with Gasteiger partial charge in [-0.05, 0) is 18.6 Å². The van der Waals surface area contributed by atoms with Crippen LogP contribution in [0.4, 0.5) is 13.2 Å². The van der Waals surface area contributed by atoms with Crippen LogP contribution in [-0.4, -0.2) is 41.6 Å². The number of carbonyl (C=O) groups is 3. The Morgan fingerprint density at radius 1 is 1.22 bits per heavy atom. The number of hydrogen-bond donors (Lipinski definition) is 4. The van der Waals surface area contributed by atoms with Gasteiger partial charge in [0.1, 0.15) is 5.84 Å². The number of nitrogen functional groups attached to an aromatic ring is 1. The van der Waals surface area contributed by atoms with Crippen molar-refractivity contribution in [2.75, 3.05) is 6.61 Å². The van der Waals surface area contributed by atoms with Gasteiger partial charge in [-0.1, -0.05) is 18.2 Å². The minimum atomic E-state index is -5.08. The van der Waals surface area contributed by atoms with E-state index >= 15 is 0 Å². The van der Waals surface area contributed by atoms with Gasteiger partial charge in [0.15, 0.2) is 0 Å². The first kappa shape index (κ1) is 21.9. The van der Waals surface area contributed by atoms with E-state index in [2.05, 4.69) is 0 Å². The molecule has 8 nitrogen and oxygen atoms in total. The van der Waals surface area contributed by atoms with E-state index in [-0.39, 0.29) is 18.4 Å². The molecule has 0 heterocycles. The zero-order valence-electron chi connectivity index (χ0n) is 14.1. The summed E-state index contributed by atoms with van der Waals surface area (Å²) in [5, 5.41) is 14.5. The van der Waals surface area contributed by atoms with E-state index in [0.717, 1.165) is 5.56 Å². The molecule has 0 saturated heterocycles. The molecule has 0 unspecified atom stereocenters. The van der Waals surface area contributed by atoms with Crippen LogP contribution in [0.1, 0.15) is 24.0 Å². The summed E-state index contributed by atoms with van der Waals surface area (Å²) in [7, 11) is 0. The second-order valence-electron chi connectivity index (χ2n) is 5.57. The molecular formula is C16H18F3N3O5. The maximum absolute atomic E-state index is 11.8. The van der Waals surface area contributed by atoms with Gasteiger partial charge in [0.25, 0.3) is 0 Å². The number of carboxylic acids is 1. The van der Waals surface area contributed by atoms with E-state index in [1.54, 1.807) is 31.2 Å². The van der Waals surface area contributed by atoms with Crippen LogP contribution in [-0.2, 0) is 19.1 Å². The Morgan fingerprint density at radius 3 is 2.19 bits per heavy atom. The molecule has 0 radical (unpaired) electrons. The molecule has 148 valence electrons. The van der Waals surface area contributed by atoms with E-state index < -0.39 is 35.9 Å². The number of alkyl halides is 3. The van der Waals surface area contributed by atoms with Crippen LogP contribution >= 0.6 is 0 Å². The van der Waals surface area contributed by atoms with Crippen molar-refractivity contribution in [3.8, 4) is 0 Å². The third kappa shape index (κ3) is 5.69. The summed E-state index contributed by atoms with van der Waals surface area (Å²) in [6.45, 7) is 1.98. The van der Waals surface area contributed by atoms with Crippen molar-refractivity contribution in [3.63, 3.8) is 0 Å². The summed E-state index contributed by atoms with van der Waals surface area (Å²) >= 11 is 0. The van der Waals surface area contributed by atoms with Crippen LogP contribution < -0.4 is 11.5 Å². The van der Waals surface area contributed by atoms with Crippen molar-refractivity contribution in [2.45, 2.75) is 19.0 Å². The summed E-state index contributed by atoms with van der Waals surface area (Å²) in [4.78, 5) is 32.2. The van der Waals surface area contributed by atoms with Gasteiger partial charge < -0.3 is 21.3 Å². The van der Waals surface area contributed by atoms with E-state index in [1.807, 2.05) is 0 Å². The van der Waals surface area contributed by atoms with E-state index in [1.165, 1.54) is 0 Å². The fraction of sp³-hybridized carbons (Fsp3) is 0.375. The number of halogens is 3. The summed E-state index contributed by atoms with van der Waals surface area (Å²) in [5.41, 5.74) is 12.1. The molecule has 6 N–H and O–H groups in total. The van der Waals surface area contributed by atoms with Gasteiger partial charge in [-0.15, -0.1) is 0 Å². The maximum Gasteiger partial charge on any atom is 0.490 e.